The first-order valence-corrected chi connectivity index (χ1v) is 10.2. The molecule has 1 aliphatic rings. The molecular weight excluding hydrogens is 420 g/mol. The summed E-state index contributed by atoms with van der Waals surface area (Å²) in [5, 5.41) is 8.36. The van der Waals surface area contributed by atoms with Crippen LogP contribution in [0.15, 0.2) is 41.5 Å². The average Bonchev–Trinajstić information content (AvgIpc) is 2.75. The summed E-state index contributed by atoms with van der Waals surface area (Å²) in [5.41, 5.74) is 3.49. The van der Waals surface area contributed by atoms with E-state index in [-0.39, 0.29) is 48.4 Å². The van der Waals surface area contributed by atoms with Crippen molar-refractivity contribution in [2.45, 2.75) is 39.7 Å². The summed E-state index contributed by atoms with van der Waals surface area (Å²) in [5.74, 6) is -0.401. The van der Waals surface area contributed by atoms with Crippen LogP contribution in [0.25, 0.3) is 0 Å². The standard InChI is InChI=1S/C23H25F2N3O4/c1-14-4-5-15(2)18(12-14)28-21(29)9-7-17(27-28)22(30)26-11-10-16-6-8-19(31-3)20(13-16)32-23(24)25/h4-6,8,12-13,23H,7,9-11H2,1-3H3,(H,26,30). The number of hydrazone groups is 1. The Kier molecular flexibility index (Phi) is 7.40. The van der Waals surface area contributed by atoms with Crippen molar-refractivity contribution in [2.75, 3.05) is 18.7 Å². The number of anilines is 1. The number of nitrogens with one attached hydrogen (secondary N) is 1. The molecule has 0 unspecified atom stereocenters. The molecule has 32 heavy (non-hydrogen) atoms. The number of aryl methyl sites for hydroxylation is 2. The summed E-state index contributed by atoms with van der Waals surface area (Å²) < 4.78 is 34.7. The largest absolute Gasteiger partial charge is 0.493 e. The molecule has 2 amide bonds. The predicted octanol–water partition coefficient (Wildman–Crippen LogP) is 3.76. The molecule has 0 saturated heterocycles. The second-order valence-electron chi connectivity index (χ2n) is 7.41. The Labute approximate surface area is 185 Å². The summed E-state index contributed by atoms with van der Waals surface area (Å²) in [6.07, 6.45) is 0.829. The molecule has 0 saturated carbocycles. The number of benzene rings is 2. The molecule has 0 radical (unpaired) electrons. The molecule has 1 heterocycles. The summed E-state index contributed by atoms with van der Waals surface area (Å²) in [7, 11) is 1.37. The van der Waals surface area contributed by atoms with Gasteiger partial charge in [0.05, 0.1) is 12.8 Å². The van der Waals surface area contributed by atoms with Crippen LogP contribution in [0.5, 0.6) is 11.5 Å². The van der Waals surface area contributed by atoms with Gasteiger partial charge < -0.3 is 14.8 Å². The molecule has 9 heteroatoms. The lowest BCUT2D eigenvalue weighted by Gasteiger charge is -2.24. The number of ether oxygens (including phenoxy) is 2. The van der Waals surface area contributed by atoms with Gasteiger partial charge in [0.25, 0.3) is 5.91 Å². The van der Waals surface area contributed by atoms with Crippen molar-refractivity contribution < 1.29 is 27.8 Å². The van der Waals surface area contributed by atoms with Crippen molar-refractivity contribution in [3.05, 3.63) is 53.1 Å². The van der Waals surface area contributed by atoms with E-state index in [2.05, 4.69) is 15.2 Å². The van der Waals surface area contributed by atoms with Crippen LogP contribution < -0.4 is 19.8 Å². The third-order valence-corrected chi connectivity index (χ3v) is 5.03. The van der Waals surface area contributed by atoms with Gasteiger partial charge in [0, 0.05) is 19.4 Å². The van der Waals surface area contributed by atoms with Gasteiger partial charge in [-0.2, -0.15) is 13.9 Å². The highest BCUT2D eigenvalue weighted by Crippen LogP contribution is 2.29. The number of methoxy groups -OCH3 is 1. The Hall–Kier alpha value is -3.49. The molecule has 3 rings (SSSR count). The van der Waals surface area contributed by atoms with Crippen LogP contribution in [-0.4, -0.2) is 37.8 Å². The number of nitrogens with zero attached hydrogens (tertiary/aromatic N) is 2. The second kappa shape index (κ2) is 10.2. The van der Waals surface area contributed by atoms with E-state index >= 15 is 0 Å². The van der Waals surface area contributed by atoms with E-state index in [1.807, 2.05) is 32.0 Å². The van der Waals surface area contributed by atoms with Gasteiger partial charge >= 0.3 is 6.61 Å². The number of carbonyl (C=O) groups excluding carboxylic acids is 2. The molecule has 0 aromatic heterocycles. The van der Waals surface area contributed by atoms with Crippen molar-refractivity contribution in [2.24, 2.45) is 5.10 Å². The zero-order valence-corrected chi connectivity index (χ0v) is 18.2. The molecule has 0 fully saturated rings. The van der Waals surface area contributed by atoms with E-state index in [1.54, 1.807) is 6.07 Å². The van der Waals surface area contributed by atoms with Crippen molar-refractivity contribution in [3.63, 3.8) is 0 Å². The number of amides is 2. The molecule has 7 nitrogen and oxygen atoms in total. The summed E-state index contributed by atoms with van der Waals surface area (Å²) in [4.78, 5) is 25.0. The monoisotopic (exact) mass is 445 g/mol. The van der Waals surface area contributed by atoms with E-state index < -0.39 is 6.61 Å². The van der Waals surface area contributed by atoms with Crippen LogP contribution in [0, 0.1) is 13.8 Å². The average molecular weight is 445 g/mol. The normalized spacial score (nSPS) is 13.8. The first kappa shape index (κ1) is 23.2. The van der Waals surface area contributed by atoms with Gasteiger partial charge in [-0.05, 0) is 55.2 Å². The lowest BCUT2D eigenvalue weighted by molar-refractivity contribution is -0.119. The predicted molar refractivity (Wildman–Crippen MR) is 116 cm³/mol. The molecule has 0 spiro atoms. The highest BCUT2D eigenvalue weighted by Gasteiger charge is 2.26. The lowest BCUT2D eigenvalue weighted by Crippen LogP contribution is -2.39. The maximum absolute atomic E-state index is 12.6. The summed E-state index contributed by atoms with van der Waals surface area (Å²) in [6.45, 7) is 1.10. The van der Waals surface area contributed by atoms with Crippen LogP contribution >= 0.6 is 0 Å². The topological polar surface area (TPSA) is 80.2 Å². The highest BCUT2D eigenvalue weighted by atomic mass is 19.3. The smallest absolute Gasteiger partial charge is 0.387 e. The molecule has 0 atom stereocenters. The van der Waals surface area contributed by atoms with Gasteiger partial charge in [-0.1, -0.05) is 18.2 Å². The molecule has 2 aromatic carbocycles. The van der Waals surface area contributed by atoms with Gasteiger partial charge in [0.15, 0.2) is 11.5 Å². The highest BCUT2D eigenvalue weighted by molar-refractivity contribution is 6.40. The Morgan fingerprint density at radius 2 is 1.94 bits per heavy atom. The minimum absolute atomic E-state index is 0.0642. The third-order valence-electron chi connectivity index (χ3n) is 5.03. The number of halogens is 2. The number of alkyl halides is 2. The van der Waals surface area contributed by atoms with Crippen molar-refractivity contribution in [1.82, 2.24) is 5.32 Å². The van der Waals surface area contributed by atoms with Gasteiger partial charge in [-0.15, -0.1) is 0 Å². The van der Waals surface area contributed by atoms with Crippen LogP contribution in [0.3, 0.4) is 0 Å². The fourth-order valence-electron chi connectivity index (χ4n) is 3.34. The maximum atomic E-state index is 12.6. The molecule has 0 aliphatic carbocycles. The number of carbonyl (C=O) groups is 2. The van der Waals surface area contributed by atoms with E-state index in [1.165, 1.54) is 24.3 Å². The van der Waals surface area contributed by atoms with Gasteiger partial charge in [-0.25, -0.2) is 5.01 Å². The summed E-state index contributed by atoms with van der Waals surface area (Å²) in [6, 6.07) is 10.4. The van der Waals surface area contributed by atoms with Gasteiger partial charge in [0.2, 0.25) is 5.91 Å². The first-order valence-electron chi connectivity index (χ1n) is 10.2. The van der Waals surface area contributed by atoms with E-state index in [9.17, 15) is 18.4 Å². The second-order valence-corrected chi connectivity index (χ2v) is 7.41. The Morgan fingerprint density at radius 1 is 1.16 bits per heavy atom. The third kappa shape index (κ3) is 5.60. The van der Waals surface area contributed by atoms with E-state index in [4.69, 9.17) is 4.74 Å². The maximum Gasteiger partial charge on any atom is 0.387 e. The Bertz CT molecular complexity index is 1040. The van der Waals surface area contributed by atoms with Crippen molar-refractivity contribution >= 4 is 23.2 Å². The number of rotatable bonds is 8. The van der Waals surface area contributed by atoms with Crippen LogP contribution in [0.1, 0.15) is 29.5 Å². The first-order chi connectivity index (χ1) is 15.3. The molecule has 1 N–H and O–H groups in total. The number of hydrogen-bond donors (Lipinski definition) is 1. The van der Waals surface area contributed by atoms with Gasteiger partial charge in [0.1, 0.15) is 5.71 Å². The minimum atomic E-state index is -2.97. The van der Waals surface area contributed by atoms with Crippen LogP contribution in [0.4, 0.5) is 14.5 Å². The molecular formula is C23H25F2N3O4. The molecule has 0 bridgehead atoms. The minimum Gasteiger partial charge on any atom is -0.493 e. The molecule has 1 aliphatic heterocycles. The fourth-order valence-corrected chi connectivity index (χ4v) is 3.34. The number of hydrogen-bond acceptors (Lipinski definition) is 5. The van der Waals surface area contributed by atoms with Crippen LogP contribution in [-0.2, 0) is 16.0 Å². The Balaban J connectivity index is 1.66. The zero-order chi connectivity index (χ0) is 23.3. The lowest BCUT2D eigenvalue weighted by atomic mass is 10.1. The van der Waals surface area contributed by atoms with Crippen molar-refractivity contribution in [1.29, 1.82) is 0 Å². The van der Waals surface area contributed by atoms with Gasteiger partial charge in [-0.3, -0.25) is 9.59 Å². The zero-order valence-electron chi connectivity index (χ0n) is 18.2. The van der Waals surface area contributed by atoms with Crippen LogP contribution in [0.2, 0.25) is 0 Å². The Morgan fingerprint density at radius 3 is 2.66 bits per heavy atom. The molecule has 2 aromatic rings. The van der Waals surface area contributed by atoms with Crippen molar-refractivity contribution in [3.8, 4) is 11.5 Å². The quantitative estimate of drug-likeness (QED) is 0.671. The molecule has 170 valence electrons. The SMILES string of the molecule is COc1ccc(CCNC(=O)C2=NN(c3cc(C)ccc3C)C(=O)CC2)cc1OC(F)F. The fraction of sp³-hybridized carbons (Fsp3) is 0.348. The van der Waals surface area contributed by atoms with E-state index in [0.717, 1.165) is 11.1 Å². The summed E-state index contributed by atoms with van der Waals surface area (Å²) >= 11 is 0. The van der Waals surface area contributed by atoms with E-state index in [0.29, 0.717) is 17.7 Å².